The first-order valence-corrected chi connectivity index (χ1v) is 8.19. The fourth-order valence-electron chi connectivity index (χ4n) is 2.06. The monoisotopic (exact) mass is 272 g/mol. The van der Waals surface area contributed by atoms with Crippen LogP contribution in [0.1, 0.15) is 20.8 Å². The third-order valence-electron chi connectivity index (χ3n) is 2.78. The van der Waals surface area contributed by atoms with E-state index in [2.05, 4.69) is 36.8 Å². The predicted molar refractivity (Wildman–Crippen MR) is 81.3 cm³/mol. The van der Waals surface area contributed by atoms with Crippen molar-refractivity contribution in [2.24, 2.45) is 0 Å². The zero-order valence-electron chi connectivity index (χ0n) is 11.7. The standard InChI is InChI=1S/C15H20N2OSi/c1-11(2)18-12(3)19-13-7-8-15(17-10-13)14-6-4-5-9-16-14/h4-12H,19H2,1-3H3. The molecule has 2 aromatic rings. The van der Waals surface area contributed by atoms with Crippen LogP contribution in [0.5, 0.6) is 0 Å². The average molecular weight is 272 g/mol. The van der Waals surface area contributed by atoms with Gasteiger partial charge in [0.25, 0.3) is 0 Å². The second-order valence-corrected chi connectivity index (χ2v) is 7.34. The van der Waals surface area contributed by atoms with Crippen molar-refractivity contribution in [3.8, 4) is 11.4 Å². The van der Waals surface area contributed by atoms with E-state index in [4.69, 9.17) is 4.74 Å². The van der Waals surface area contributed by atoms with Crippen molar-refractivity contribution >= 4 is 14.7 Å². The van der Waals surface area contributed by atoms with Crippen molar-refractivity contribution < 1.29 is 4.74 Å². The minimum absolute atomic E-state index is 0.295. The van der Waals surface area contributed by atoms with Crippen molar-refractivity contribution in [3.63, 3.8) is 0 Å². The summed E-state index contributed by atoms with van der Waals surface area (Å²) in [4.78, 5) is 8.80. The lowest BCUT2D eigenvalue weighted by atomic mass is 10.2. The Kier molecular flexibility index (Phi) is 4.82. The SMILES string of the molecule is CC(C)OC(C)[SiH2]c1ccc(-c2ccccn2)nc1. The average Bonchev–Trinajstić information content (AvgIpc) is 2.39. The minimum atomic E-state index is -0.431. The zero-order valence-corrected chi connectivity index (χ0v) is 13.1. The first-order chi connectivity index (χ1) is 9.15. The van der Waals surface area contributed by atoms with Crippen molar-refractivity contribution in [3.05, 3.63) is 42.7 Å². The molecule has 100 valence electrons. The molecule has 2 rings (SSSR count). The van der Waals surface area contributed by atoms with Crippen LogP contribution >= 0.6 is 0 Å². The van der Waals surface area contributed by atoms with E-state index in [0.29, 0.717) is 11.8 Å². The molecule has 0 amide bonds. The normalized spacial score (nSPS) is 13.3. The van der Waals surface area contributed by atoms with Crippen molar-refractivity contribution in [1.29, 1.82) is 0 Å². The summed E-state index contributed by atoms with van der Waals surface area (Å²) in [6, 6.07) is 10.1. The summed E-state index contributed by atoms with van der Waals surface area (Å²) < 4.78 is 5.79. The van der Waals surface area contributed by atoms with E-state index in [1.165, 1.54) is 5.19 Å². The number of hydrogen-bond donors (Lipinski definition) is 0. The molecule has 4 heteroatoms. The van der Waals surface area contributed by atoms with E-state index in [1.807, 2.05) is 30.5 Å². The zero-order chi connectivity index (χ0) is 13.7. The molecule has 0 radical (unpaired) electrons. The van der Waals surface area contributed by atoms with Crippen molar-refractivity contribution in [1.82, 2.24) is 9.97 Å². The summed E-state index contributed by atoms with van der Waals surface area (Å²) in [5.41, 5.74) is 2.19. The van der Waals surface area contributed by atoms with Gasteiger partial charge in [0.05, 0.1) is 27.0 Å². The topological polar surface area (TPSA) is 35.0 Å². The largest absolute Gasteiger partial charge is 0.380 e. The quantitative estimate of drug-likeness (QED) is 0.777. The highest BCUT2D eigenvalue weighted by Crippen LogP contribution is 2.10. The number of pyridine rings is 2. The summed E-state index contributed by atoms with van der Waals surface area (Å²) in [6.07, 6.45) is 4.05. The van der Waals surface area contributed by atoms with E-state index in [9.17, 15) is 0 Å². The second kappa shape index (κ2) is 6.59. The van der Waals surface area contributed by atoms with Gasteiger partial charge in [0.15, 0.2) is 0 Å². The van der Waals surface area contributed by atoms with Crippen LogP contribution in [0.3, 0.4) is 0 Å². The van der Waals surface area contributed by atoms with Crippen LogP contribution in [0.2, 0.25) is 0 Å². The van der Waals surface area contributed by atoms with E-state index < -0.39 is 9.52 Å². The molecule has 0 bridgehead atoms. The Hall–Kier alpha value is -1.52. The third-order valence-corrected chi connectivity index (χ3v) is 4.44. The second-order valence-electron chi connectivity index (χ2n) is 4.97. The maximum atomic E-state index is 5.79. The maximum Gasteiger partial charge on any atom is 0.0904 e. The molecule has 0 aliphatic heterocycles. The molecule has 0 aromatic carbocycles. The van der Waals surface area contributed by atoms with Crippen LogP contribution < -0.4 is 5.19 Å². The van der Waals surface area contributed by atoms with Gasteiger partial charge in [0.1, 0.15) is 0 Å². The van der Waals surface area contributed by atoms with Gasteiger partial charge in [-0.2, -0.15) is 0 Å². The van der Waals surface area contributed by atoms with Crippen molar-refractivity contribution in [2.45, 2.75) is 32.6 Å². The molecule has 19 heavy (non-hydrogen) atoms. The van der Waals surface area contributed by atoms with Gasteiger partial charge in [-0.1, -0.05) is 12.1 Å². The number of hydrogen-bond acceptors (Lipinski definition) is 3. The third kappa shape index (κ3) is 4.26. The van der Waals surface area contributed by atoms with Crippen LogP contribution in [0.4, 0.5) is 0 Å². The smallest absolute Gasteiger partial charge is 0.0904 e. The van der Waals surface area contributed by atoms with Crippen molar-refractivity contribution in [2.75, 3.05) is 0 Å². The van der Waals surface area contributed by atoms with Crippen LogP contribution in [-0.2, 0) is 4.74 Å². The lowest BCUT2D eigenvalue weighted by Gasteiger charge is -2.15. The van der Waals surface area contributed by atoms with Gasteiger partial charge in [0, 0.05) is 18.1 Å². The lowest BCUT2D eigenvalue weighted by Crippen LogP contribution is -2.30. The van der Waals surface area contributed by atoms with E-state index in [0.717, 1.165) is 11.4 Å². The Bertz CT molecular complexity index is 499. The molecule has 3 nitrogen and oxygen atoms in total. The molecule has 0 fully saturated rings. The first kappa shape index (κ1) is 13.9. The van der Waals surface area contributed by atoms with E-state index >= 15 is 0 Å². The molecular weight excluding hydrogens is 252 g/mol. The van der Waals surface area contributed by atoms with Gasteiger partial charge in [-0.25, -0.2) is 0 Å². The Morgan fingerprint density at radius 3 is 2.37 bits per heavy atom. The molecular formula is C15H20N2OSi. The number of rotatable bonds is 5. The summed E-state index contributed by atoms with van der Waals surface area (Å²) in [5, 5.41) is 1.33. The van der Waals surface area contributed by atoms with E-state index in [1.54, 1.807) is 6.20 Å². The number of aromatic nitrogens is 2. The van der Waals surface area contributed by atoms with Gasteiger partial charge in [0.2, 0.25) is 0 Å². The van der Waals surface area contributed by atoms with Crippen LogP contribution in [0, 0.1) is 0 Å². The van der Waals surface area contributed by atoms with E-state index in [-0.39, 0.29) is 0 Å². The highest BCUT2D eigenvalue weighted by molar-refractivity contribution is 6.54. The molecule has 2 heterocycles. The van der Waals surface area contributed by atoms with Crippen LogP contribution in [0.15, 0.2) is 42.7 Å². The Morgan fingerprint density at radius 1 is 1.00 bits per heavy atom. The summed E-state index contributed by atoms with van der Waals surface area (Å²) >= 11 is 0. The first-order valence-electron chi connectivity index (χ1n) is 6.67. The molecule has 1 unspecified atom stereocenters. The number of nitrogens with zero attached hydrogens (tertiary/aromatic N) is 2. The highest BCUT2D eigenvalue weighted by atomic mass is 28.2. The summed E-state index contributed by atoms with van der Waals surface area (Å²) in [7, 11) is -0.431. The molecule has 0 aliphatic carbocycles. The number of ether oxygens (including phenoxy) is 1. The molecule has 1 atom stereocenters. The minimum Gasteiger partial charge on any atom is -0.380 e. The fourth-order valence-corrected chi connectivity index (χ4v) is 3.65. The molecule has 0 N–H and O–H groups in total. The Labute approximate surface area is 116 Å². The van der Waals surface area contributed by atoms with Crippen LogP contribution in [0.25, 0.3) is 11.4 Å². The highest BCUT2D eigenvalue weighted by Gasteiger charge is 2.08. The van der Waals surface area contributed by atoms with Crippen LogP contribution in [-0.4, -0.2) is 31.3 Å². The van der Waals surface area contributed by atoms with Gasteiger partial charge < -0.3 is 4.74 Å². The molecule has 2 aromatic heterocycles. The van der Waals surface area contributed by atoms with Gasteiger partial charge >= 0.3 is 0 Å². The molecule has 0 aliphatic rings. The molecule has 0 saturated heterocycles. The van der Waals surface area contributed by atoms with Gasteiger partial charge in [-0.3, -0.25) is 9.97 Å². The predicted octanol–water partition coefficient (Wildman–Crippen LogP) is 1.71. The molecule has 0 spiro atoms. The fraction of sp³-hybridized carbons (Fsp3) is 0.333. The Morgan fingerprint density at radius 2 is 1.79 bits per heavy atom. The Balaban J connectivity index is 2.03. The summed E-state index contributed by atoms with van der Waals surface area (Å²) in [6.45, 7) is 6.31. The van der Waals surface area contributed by atoms with Gasteiger partial charge in [-0.15, -0.1) is 0 Å². The maximum absolute atomic E-state index is 5.79. The van der Waals surface area contributed by atoms with Gasteiger partial charge in [-0.05, 0) is 44.2 Å². The lowest BCUT2D eigenvalue weighted by molar-refractivity contribution is 0.0631. The molecule has 0 saturated carbocycles. The summed E-state index contributed by atoms with van der Waals surface area (Å²) in [5.74, 6) is 0.